The van der Waals surface area contributed by atoms with Gasteiger partial charge in [-0.25, -0.2) is 4.21 Å². The van der Waals surface area contributed by atoms with E-state index in [4.69, 9.17) is 11.6 Å². The predicted molar refractivity (Wildman–Crippen MR) is 54.6 cm³/mol. The van der Waals surface area contributed by atoms with Crippen LogP contribution in [0.3, 0.4) is 0 Å². The number of fused-ring (bicyclic) bond motifs is 1. The first-order chi connectivity index (χ1) is 6.29. The largest absolute Gasteiger partial charge is 0.263 e. The summed E-state index contributed by atoms with van der Waals surface area (Å²) in [6, 6.07) is 5.39. The normalized spacial score (nSPS) is 19.6. The molecule has 4 heteroatoms. The summed E-state index contributed by atoms with van der Waals surface area (Å²) in [4.78, 5) is 4.59. The molecular formula is C9H6ClNOS. The number of benzene rings is 1. The zero-order chi connectivity index (χ0) is 9.26. The molecule has 13 heavy (non-hydrogen) atoms. The van der Waals surface area contributed by atoms with Crippen LogP contribution >= 0.6 is 11.6 Å². The molecule has 1 aromatic carbocycles. The van der Waals surface area contributed by atoms with E-state index in [1.807, 2.05) is 12.1 Å². The van der Waals surface area contributed by atoms with Gasteiger partial charge in [0.25, 0.3) is 0 Å². The van der Waals surface area contributed by atoms with E-state index in [1.165, 1.54) is 11.6 Å². The molecule has 1 aliphatic rings. The van der Waals surface area contributed by atoms with E-state index in [0.29, 0.717) is 9.92 Å². The van der Waals surface area contributed by atoms with Gasteiger partial charge < -0.3 is 0 Å². The third kappa shape index (κ3) is 1.57. The van der Waals surface area contributed by atoms with Crippen LogP contribution in [0.1, 0.15) is 5.56 Å². The highest BCUT2D eigenvalue weighted by Crippen LogP contribution is 2.24. The van der Waals surface area contributed by atoms with Crippen LogP contribution in [0.25, 0.3) is 0 Å². The highest BCUT2D eigenvalue weighted by Gasteiger charge is 2.11. The zero-order valence-electron chi connectivity index (χ0n) is 6.61. The number of aliphatic imine (C=N–C) groups is 1. The number of halogens is 1. The summed E-state index contributed by atoms with van der Waals surface area (Å²) >= 11 is 5.92. The summed E-state index contributed by atoms with van der Waals surface area (Å²) in [5.41, 5.74) is 0.816. The molecule has 0 aliphatic carbocycles. The molecule has 0 saturated heterocycles. The van der Waals surface area contributed by atoms with E-state index >= 15 is 0 Å². The zero-order valence-corrected chi connectivity index (χ0v) is 8.18. The molecule has 0 bridgehead atoms. The third-order valence-electron chi connectivity index (χ3n) is 1.68. The monoisotopic (exact) mass is 211 g/mol. The van der Waals surface area contributed by atoms with E-state index in [0.717, 1.165) is 5.56 Å². The summed E-state index contributed by atoms with van der Waals surface area (Å²) in [7, 11) is -1.18. The minimum absolute atomic E-state index is 0.522. The lowest BCUT2D eigenvalue weighted by Crippen LogP contribution is -1.93. The second-order valence-electron chi connectivity index (χ2n) is 2.52. The van der Waals surface area contributed by atoms with Crippen molar-refractivity contribution in [1.29, 1.82) is 0 Å². The van der Waals surface area contributed by atoms with Gasteiger partial charge in [-0.2, -0.15) is 0 Å². The average Bonchev–Trinajstić information content (AvgIpc) is 2.29. The van der Waals surface area contributed by atoms with Crippen LogP contribution < -0.4 is 0 Å². The molecule has 1 aromatic rings. The fourth-order valence-corrected chi connectivity index (χ4v) is 2.46. The Morgan fingerprint density at radius 3 is 3.08 bits per heavy atom. The Bertz CT molecular complexity index is 426. The number of nitrogens with zero attached hydrogens (tertiary/aromatic N) is 1. The van der Waals surface area contributed by atoms with Crippen molar-refractivity contribution in [3.05, 3.63) is 40.4 Å². The fraction of sp³-hybridized carbons (Fsp3) is 0. The summed E-state index contributed by atoms with van der Waals surface area (Å²) < 4.78 is 11.6. The van der Waals surface area contributed by atoms with Crippen molar-refractivity contribution in [3.63, 3.8) is 0 Å². The molecule has 0 aromatic heterocycles. The third-order valence-corrected chi connectivity index (χ3v) is 3.34. The van der Waals surface area contributed by atoms with Crippen LogP contribution in [-0.4, -0.2) is 10.4 Å². The van der Waals surface area contributed by atoms with Crippen molar-refractivity contribution in [2.45, 2.75) is 4.90 Å². The van der Waals surface area contributed by atoms with Gasteiger partial charge >= 0.3 is 0 Å². The standard InChI is InChI=1S/C9H6ClNOS/c10-8-3-1-2-7-6-11-4-5-13(12)9(7)8/h1-6H. The Balaban J connectivity index is 2.71. The molecular weight excluding hydrogens is 206 g/mol. The van der Waals surface area contributed by atoms with Crippen LogP contribution in [-0.2, 0) is 10.8 Å². The maximum Gasteiger partial charge on any atom is 0.0813 e. The smallest absolute Gasteiger partial charge is 0.0813 e. The first kappa shape index (κ1) is 8.66. The van der Waals surface area contributed by atoms with Crippen LogP contribution in [0.5, 0.6) is 0 Å². The van der Waals surface area contributed by atoms with Crippen molar-refractivity contribution in [3.8, 4) is 0 Å². The van der Waals surface area contributed by atoms with Gasteiger partial charge in [-0.3, -0.25) is 4.99 Å². The van der Waals surface area contributed by atoms with Crippen molar-refractivity contribution >= 4 is 28.6 Å². The van der Waals surface area contributed by atoms with Crippen molar-refractivity contribution in [1.82, 2.24) is 0 Å². The summed E-state index contributed by atoms with van der Waals surface area (Å²) in [5.74, 6) is 0. The molecule has 0 spiro atoms. The fourth-order valence-electron chi connectivity index (χ4n) is 1.12. The van der Waals surface area contributed by atoms with Gasteiger partial charge in [-0.1, -0.05) is 23.7 Å². The molecule has 1 heterocycles. The Labute approximate surface area is 83.4 Å². The lowest BCUT2D eigenvalue weighted by atomic mass is 10.2. The second kappa shape index (κ2) is 3.44. The first-order valence-corrected chi connectivity index (χ1v) is 5.27. The summed E-state index contributed by atoms with van der Waals surface area (Å²) in [6.45, 7) is 0. The molecule has 0 fully saturated rings. The lowest BCUT2D eigenvalue weighted by Gasteiger charge is -2.02. The predicted octanol–water partition coefficient (Wildman–Crippen LogP) is 2.35. The van der Waals surface area contributed by atoms with Crippen molar-refractivity contribution in [2.75, 3.05) is 0 Å². The maximum atomic E-state index is 11.6. The van der Waals surface area contributed by atoms with E-state index < -0.39 is 10.8 Å². The SMILES string of the molecule is O=S1C=CN=Cc2cccc(Cl)c21. The summed E-state index contributed by atoms with van der Waals surface area (Å²) in [6.07, 6.45) is 3.18. The molecule has 1 atom stereocenters. The van der Waals surface area contributed by atoms with Gasteiger partial charge in [0.1, 0.15) is 0 Å². The molecule has 0 amide bonds. The molecule has 1 aliphatic heterocycles. The molecule has 1 unspecified atom stereocenters. The van der Waals surface area contributed by atoms with Gasteiger partial charge in [0.2, 0.25) is 0 Å². The van der Waals surface area contributed by atoms with Crippen LogP contribution in [0, 0.1) is 0 Å². The van der Waals surface area contributed by atoms with Crippen LogP contribution in [0.15, 0.2) is 39.7 Å². The van der Waals surface area contributed by atoms with Gasteiger partial charge in [-0.05, 0) is 6.07 Å². The molecule has 0 radical (unpaired) electrons. The highest BCUT2D eigenvalue weighted by molar-refractivity contribution is 7.88. The lowest BCUT2D eigenvalue weighted by molar-refractivity contribution is 0.688. The molecule has 0 N–H and O–H groups in total. The Kier molecular flexibility index (Phi) is 2.29. The Morgan fingerprint density at radius 1 is 1.38 bits per heavy atom. The van der Waals surface area contributed by atoms with Crippen molar-refractivity contribution in [2.24, 2.45) is 4.99 Å². The quantitative estimate of drug-likeness (QED) is 0.648. The van der Waals surface area contributed by atoms with Gasteiger partial charge in [0.05, 0.1) is 20.7 Å². The molecule has 0 saturated carbocycles. The van der Waals surface area contributed by atoms with E-state index in [-0.39, 0.29) is 0 Å². The molecule has 66 valence electrons. The first-order valence-electron chi connectivity index (χ1n) is 3.68. The maximum absolute atomic E-state index is 11.6. The Morgan fingerprint density at radius 2 is 2.23 bits per heavy atom. The van der Waals surface area contributed by atoms with Gasteiger partial charge in [0, 0.05) is 23.4 Å². The molecule has 2 nitrogen and oxygen atoms in total. The number of rotatable bonds is 0. The number of hydrogen-bond acceptors (Lipinski definition) is 2. The van der Waals surface area contributed by atoms with Crippen molar-refractivity contribution < 1.29 is 4.21 Å². The number of hydrogen-bond donors (Lipinski definition) is 0. The van der Waals surface area contributed by atoms with Gasteiger partial charge in [0.15, 0.2) is 0 Å². The van der Waals surface area contributed by atoms with E-state index in [9.17, 15) is 4.21 Å². The van der Waals surface area contributed by atoms with Crippen LogP contribution in [0.2, 0.25) is 5.02 Å². The van der Waals surface area contributed by atoms with Gasteiger partial charge in [-0.15, -0.1) is 0 Å². The molecule has 2 rings (SSSR count). The summed E-state index contributed by atoms with van der Waals surface area (Å²) in [5, 5.41) is 2.04. The van der Waals surface area contributed by atoms with E-state index in [2.05, 4.69) is 4.99 Å². The second-order valence-corrected chi connectivity index (χ2v) is 4.20. The highest BCUT2D eigenvalue weighted by atomic mass is 35.5. The topological polar surface area (TPSA) is 29.4 Å². The van der Waals surface area contributed by atoms with E-state index in [1.54, 1.807) is 12.3 Å². The Hall–Kier alpha value is -0.930. The minimum Gasteiger partial charge on any atom is -0.263 e. The van der Waals surface area contributed by atoms with Crippen LogP contribution in [0.4, 0.5) is 0 Å². The minimum atomic E-state index is -1.18. The average molecular weight is 212 g/mol.